The molecule has 0 saturated heterocycles. The van der Waals surface area contributed by atoms with Crippen molar-refractivity contribution in [3.05, 3.63) is 33.9 Å². The highest BCUT2D eigenvalue weighted by Crippen LogP contribution is 2.15. The maximum absolute atomic E-state index is 12.6. The van der Waals surface area contributed by atoms with Gasteiger partial charge in [0, 0.05) is 0 Å². The Balaban J connectivity index is 3.33. The fourth-order valence-corrected chi connectivity index (χ4v) is 0.692. The van der Waals surface area contributed by atoms with Crippen LogP contribution in [0.4, 0.5) is 14.5 Å². The van der Waals surface area contributed by atoms with Crippen molar-refractivity contribution < 1.29 is 13.7 Å². The smallest absolute Gasteiger partial charge is 0.258 e. The topological polar surface area (TPSA) is 43.1 Å². The van der Waals surface area contributed by atoms with Crippen molar-refractivity contribution in [3.63, 3.8) is 0 Å². The molecular weight excluding hydrogens is 167 g/mol. The minimum absolute atomic E-state index is 0.446. The summed E-state index contributed by atoms with van der Waals surface area (Å²) >= 11 is 0. The molecule has 0 spiro atoms. The van der Waals surface area contributed by atoms with Gasteiger partial charge in [0.1, 0.15) is 13.7 Å². The minimum atomic E-state index is -1.14. The summed E-state index contributed by atoms with van der Waals surface area (Å²) in [6.45, 7) is 0. The van der Waals surface area contributed by atoms with E-state index in [0.717, 1.165) is 0 Å². The second-order valence-electron chi connectivity index (χ2n) is 2.08. The van der Waals surface area contributed by atoms with Crippen molar-refractivity contribution in [1.29, 1.82) is 0 Å². The van der Waals surface area contributed by atoms with E-state index in [9.17, 15) is 18.9 Å². The van der Waals surface area contributed by atoms with Crippen LogP contribution >= 0.6 is 0 Å². The van der Waals surface area contributed by atoms with Gasteiger partial charge >= 0.3 is 5.69 Å². The molecular formula is C6H2BF2NO2. The van der Waals surface area contributed by atoms with E-state index in [2.05, 4.69) is 0 Å². The van der Waals surface area contributed by atoms with Gasteiger partial charge in [-0.2, -0.15) is 4.39 Å². The van der Waals surface area contributed by atoms with Crippen LogP contribution in [-0.4, -0.2) is 12.8 Å². The Kier molecular flexibility index (Phi) is 2.08. The molecule has 0 aliphatic heterocycles. The van der Waals surface area contributed by atoms with Gasteiger partial charge in [0.15, 0.2) is 5.82 Å². The number of halogens is 2. The first-order valence-electron chi connectivity index (χ1n) is 2.91. The van der Waals surface area contributed by atoms with Gasteiger partial charge in [0.05, 0.1) is 11.0 Å². The lowest BCUT2D eigenvalue weighted by atomic mass is 9.95. The summed E-state index contributed by atoms with van der Waals surface area (Å²) in [5.41, 5.74) is -1.36. The van der Waals surface area contributed by atoms with Crippen molar-refractivity contribution >= 4 is 19.0 Å². The standard InChI is InChI=1S/C6H2BF2NO2/c7-3-1-5(9)6(10(11)12)2-4(3)8/h1-2H. The molecule has 0 saturated carbocycles. The molecule has 0 heterocycles. The zero-order valence-corrected chi connectivity index (χ0v) is 5.75. The summed E-state index contributed by atoms with van der Waals surface area (Å²) in [6, 6.07) is 1.03. The van der Waals surface area contributed by atoms with Crippen LogP contribution < -0.4 is 5.46 Å². The number of rotatable bonds is 1. The molecule has 0 aromatic heterocycles. The van der Waals surface area contributed by atoms with Crippen molar-refractivity contribution in [2.75, 3.05) is 0 Å². The van der Waals surface area contributed by atoms with Gasteiger partial charge in [-0.3, -0.25) is 10.1 Å². The highest BCUT2D eigenvalue weighted by molar-refractivity contribution is 6.32. The fraction of sp³-hybridized carbons (Fsp3) is 0. The summed E-state index contributed by atoms with van der Waals surface area (Å²) in [4.78, 5) is 9.03. The van der Waals surface area contributed by atoms with Crippen LogP contribution in [0.3, 0.4) is 0 Å². The van der Waals surface area contributed by atoms with E-state index in [-0.39, 0.29) is 0 Å². The van der Waals surface area contributed by atoms with Crippen LogP contribution in [0, 0.1) is 21.7 Å². The van der Waals surface area contributed by atoms with E-state index in [1.807, 2.05) is 0 Å². The largest absolute Gasteiger partial charge is 0.307 e. The predicted molar refractivity (Wildman–Crippen MR) is 38.4 cm³/mol. The summed E-state index contributed by atoms with van der Waals surface area (Å²) in [7, 11) is 4.95. The first-order valence-corrected chi connectivity index (χ1v) is 2.91. The van der Waals surface area contributed by atoms with Gasteiger partial charge in [-0.05, 0) is 6.07 Å². The lowest BCUT2D eigenvalue weighted by Gasteiger charge is -1.97. The molecule has 1 aromatic carbocycles. The van der Waals surface area contributed by atoms with Crippen LogP contribution in [0.15, 0.2) is 12.1 Å². The van der Waals surface area contributed by atoms with E-state index in [0.29, 0.717) is 12.1 Å². The summed E-state index contributed by atoms with van der Waals surface area (Å²) in [5.74, 6) is -2.14. The Morgan fingerprint density at radius 1 is 1.33 bits per heavy atom. The monoisotopic (exact) mass is 169 g/mol. The Labute approximate surface area is 67.6 Å². The second kappa shape index (κ2) is 2.88. The first kappa shape index (κ1) is 8.64. The Bertz CT molecular complexity index is 343. The molecule has 60 valence electrons. The molecule has 0 aliphatic rings. The molecule has 0 fully saturated rings. The number of hydrogen-bond acceptors (Lipinski definition) is 2. The third kappa shape index (κ3) is 1.41. The van der Waals surface area contributed by atoms with E-state index < -0.39 is 27.7 Å². The third-order valence-corrected chi connectivity index (χ3v) is 1.26. The van der Waals surface area contributed by atoms with Crippen LogP contribution in [0.25, 0.3) is 0 Å². The van der Waals surface area contributed by atoms with Crippen LogP contribution in [0.1, 0.15) is 0 Å². The second-order valence-corrected chi connectivity index (χ2v) is 2.08. The Morgan fingerprint density at radius 2 is 1.92 bits per heavy atom. The van der Waals surface area contributed by atoms with Gasteiger partial charge in [-0.25, -0.2) is 4.39 Å². The molecule has 0 aliphatic carbocycles. The van der Waals surface area contributed by atoms with Crippen LogP contribution in [-0.2, 0) is 0 Å². The highest BCUT2D eigenvalue weighted by Gasteiger charge is 2.15. The number of nitro benzene ring substituents is 1. The van der Waals surface area contributed by atoms with Gasteiger partial charge < -0.3 is 0 Å². The number of nitrogens with zero attached hydrogens (tertiary/aromatic N) is 1. The number of nitro groups is 1. The van der Waals surface area contributed by atoms with Crippen LogP contribution in [0.5, 0.6) is 0 Å². The summed E-state index contributed by atoms with van der Waals surface area (Å²) in [5, 5.41) is 10.0. The molecule has 12 heavy (non-hydrogen) atoms. The zero-order chi connectivity index (χ0) is 9.30. The van der Waals surface area contributed by atoms with Gasteiger partial charge in [0.25, 0.3) is 0 Å². The van der Waals surface area contributed by atoms with Crippen LogP contribution in [0.2, 0.25) is 0 Å². The SMILES string of the molecule is [B]c1cc(F)c([N+](=O)[O-])cc1F. The lowest BCUT2D eigenvalue weighted by molar-refractivity contribution is -0.387. The van der Waals surface area contributed by atoms with E-state index in [1.54, 1.807) is 0 Å². The van der Waals surface area contributed by atoms with Crippen molar-refractivity contribution in [2.24, 2.45) is 0 Å². The fourth-order valence-electron chi connectivity index (χ4n) is 0.692. The molecule has 0 bridgehead atoms. The molecule has 1 aromatic rings. The van der Waals surface area contributed by atoms with Crippen molar-refractivity contribution in [1.82, 2.24) is 0 Å². The molecule has 0 amide bonds. The number of hydrogen-bond donors (Lipinski definition) is 0. The van der Waals surface area contributed by atoms with Crippen molar-refractivity contribution in [3.8, 4) is 0 Å². The zero-order valence-electron chi connectivity index (χ0n) is 5.75. The molecule has 3 nitrogen and oxygen atoms in total. The molecule has 1 rings (SSSR count). The van der Waals surface area contributed by atoms with Crippen molar-refractivity contribution in [2.45, 2.75) is 0 Å². The quantitative estimate of drug-likeness (QED) is 0.352. The lowest BCUT2D eigenvalue weighted by Crippen LogP contribution is -2.10. The summed E-state index contributed by atoms with van der Waals surface area (Å²) in [6.07, 6.45) is 0. The minimum Gasteiger partial charge on any atom is -0.258 e. The Hall–Kier alpha value is -1.46. The molecule has 6 heteroatoms. The van der Waals surface area contributed by atoms with Gasteiger partial charge in [-0.1, -0.05) is 5.46 Å². The third-order valence-electron chi connectivity index (χ3n) is 1.26. The van der Waals surface area contributed by atoms with Gasteiger partial charge in [-0.15, -0.1) is 0 Å². The number of benzene rings is 1. The van der Waals surface area contributed by atoms with E-state index in [1.165, 1.54) is 0 Å². The highest BCUT2D eigenvalue weighted by atomic mass is 19.1. The summed E-state index contributed by atoms with van der Waals surface area (Å²) < 4.78 is 25.1. The average Bonchev–Trinajstić information content (AvgIpc) is 1.96. The predicted octanol–water partition coefficient (Wildman–Crippen LogP) is 0.667. The molecule has 2 radical (unpaired) electrons. The van der Waals surface area contributed by atoms with Gasteiger partial charge in [0.2, 0.25) is 0 Å². The molecule has 0 atom stereocenters. The van der Waals surface area contributed by atoms with E-state index >= 15 is 0 Å². The molecule has 0 N–H and O–H groups in total. The normalized spacial score (nSPS) is 9.83. The van der Waals surface area contributed by atoms with E-state index in [4.69, 9.17) is 7.85 Å². The Morgan fingerprint density at radius 3 is 2.42 bits per heavy atom. The maximum atomic E-state index is 12.6. The molecule has 0 unspecified atom stereocenters. The average molecular weight is 169 g/mol. The maximum Gasteiger partial charge on any atom is 0.307 e. The first-order chi connectivity index (χ1) is 5.52.